The molecule has 164 valence electrons. The van der Waals surface area contributed by atoms with Gasteiger partial charge in [0.05, 0.1) is 0 Å². The molecule has 0 fully saturated rings. The van der Waals surface area contributed by atoms with Crippen LogP contribution in [0.4, 0.5) is 4.79 Å². The van der Waals surface area contributed by atoms with Crippen LogP contribution in [0.5, 0.6) is 5.75 Å². The molecular weight excluding hydrogens is 416 g/mol. The number of nitrogens with zero attached hydrogens (tertiary/aromatic N) is 3. The molecule has 31 heavy (non-hydrogen) atoms. The molecule has 2 unspecified atom stereocenters. The Hall–Kier alpha value is -3.06. The van der Waals surface area contributed by atoms with E-state index < -0.39 is 28.7 Å². The first-order valence-corrected chi connectivity index (χ1v) is 10.3. The highest BCUT2D eigenvalue weighted by Gasteiger charge is 2.51. The van der Waals surface area contributed by atoms with Gasteiger partial charge in [0, 0.05) is 10.8 Å². The molecular formula is C23H27ClN4O3. The van der Waals surface area contributed by atoms with E-state index in [1.165, 1.54) is 6.33 Å². The van der Waals surface area contributed by atoms with Crippen LogP contribution in [-0.2, 0) is 4.74 Å². The molecule has 8 heteroatoms. The molecule has 1 heterocycles. The van der Waals surface area contributed by atoms with Crippen LogP contribution >= 0.6 is 11.6 Å². The van der Waals surface area contributed by atoms with Gasteiger partial charge in [0.25, 0.3) is 0 Å². The third-order valence-electron chi connectivity index (χ3n) is 5.95. The first kappa shape index (κ1) is 22.6. The number of nitrogens with two attached hydrogens (primary N) is 1. The molecule has 3 aromatic rings. The van der Waals surface area contributed by atoms with Gasteiger partial charge in [-0.2, -0.15) is 5.10 Å². The van der Waals surface area contributed by atoms with Crippen molar-refractivity contribution in [1.29, 1.82) is 0 Å². The first-order valence-electron chi connectivity index (χ1n) is 9.89. The van der Waals surface area contributed by atoms with E-state index >= 15 is 0 Å². The highest BCUT2D eigenvalue weighted by Crippen LogP contribution is 2.51. The zero-order chi connectivity index (χ0) is 22.6. The van der Waals surface area contributed by atoms with Crippen LogP contribution in [0.1, 0.15) is 33.9 Å². The summed E-state index contributed by atoms with van der Waals surface area (Å²) < 4.78 is 13.1. The lowest BCUT2D eigenvalue weighted by Gasteiger charge is -2.47. The Morgan fingerprint density at radius 3 is 2.16 bits per heavy atom. The SMILES string of the molecule is CC(C)(C(Cl)OC(N)=O)C(C)(C)C(Oc1ccc(-c2ccccc2)cc1)n1cncn1. The van der Waals surface area contributed by atoms with Crippen LogP contribution < -0.4 is 10.5 Å². The maximum atomic E-state index is 11.3. The topological polar surface area (TPSA) is 92.3 Å². The van der Waals surface area contributed by atoms with E-state index in [1.54, 1.807) is 11.0 Å². The number of carbonyl (C=O) groups excluding carboxylic acids is 1. The van der Waals surface area contributed by atoms with Crippen molar-refractivity contribution in [2.75, 3.05) is 0 Å². The van der Waals surface area contributed by atoms with Crippen LogP contribution in [0.3, 0.4) is 0 Å². The lowest BCUT2D eigenvalue weighted by atomic mass is 9.67. The average Bonchev–Trinajstić information content (AvgIpc) is 3.26. The normalized spacial score (nSPS) is 14.0. The minimum absolute atomic E-state index is 0.592. The van der Waals surface area contributed by atoms with Gasteiger partial charge < -0.3 is 15.2 Å². The Morgan fingerprint density at radius 2 is 1.61 bits per heavy atom. The van der Waals surface area contributed by atoms with E-state index in [0.717, 1.165) is 11.1 Å². The van der Waals surface area contributed by atoms with Crippen molar-refractivity contribution in [3.63, 3.8) is 0 Å². The van der Waals surface area contributed by atoms with Crippen LogP contribution in [0, 0.1) is 10.8 Å². The predicted octanol–water partition coefficient (Wildman–Crippen LogP) is 5.24. The number of carbonyl (C=O) groups is 1. The number of alkyl halides is 1. The molecule has 2 atom stereocenters. The van der Waals surface area contributed by atoms with Crippen molar-refractivity contribution < 1.29 is 14.3 Å². The maximum absolute atomic E-state index is 11.3. The van der Waals surface area contributed by atoms with Crippen LogP contribution in [0.15, 0.2) is 67.3 Å². The summed E-state index contributed by atoms with van der Waals surface area (Å²) in [6.07, 6.45) is 1.50. The summed E-state index contributed by atoms with van der Waals surface area (Å²) in [5, 5.41) is 4.28. The molecule has 1 aromatic heterocycles. The van der Waals surface area contributed by atoms with Gasteiger partial charge in [-0.25, -0.2) is 14.5 Å². The number of amides is 1. The Morgan fingerprint density at radius 1 is 1.00 bits per heavy atom. The van der Waals surface area contributed by atoms with Gasteiger partial charge in [0.1, 0.15) is 18.4 Å². The third-order valence-corrected chi connectivity index (χ3v) is 6.59. The highest BCUT2D eigenvalue weighted by atomic mass is 35.5. The fraction of sp³-hybridized carbons (Fsp3) is 0.348. The van der Waals surface area contributed by atoms with Crippen molar-refractivity contribution in [3.8, 4) is 16.9 Å². The predicted molar refractivity (Wildman–Crippen MR) is 119 cm³/mol. The minimum atomic E-state index is -0.977. The van der Waals surface area contributed by atoms with Crippen molar-refractivity contribution in [1.82, 2.24) is 14.8 Å². The fourth-order valence-corrected chi connectivity index (χ4v) is 3.58. The maximum Gasteiger partial charge on any atom is 0.406 e. The van der Waals surface area contributed by atoms with Crippen molar-refractivity contribution in [2.24, 2.45) is 16.6 Å². The van der Waals surface area contributed by atoms with Gasteiger partial charge in [0.15, 0.2) is 11.8 Å². The third kappa shape index (κ3) is 4.82. The standard InChI is InChI=1S/C23H27ClN4O3/c1-22(2,19(24)31-21(25)29)23(3,4)20(28-15-26-14-27-28)30-18-12-10-17(11-13-18)16-8-6-5-7-9-16/h5-15,19-20H,1-4H3,(H2,25,29). The van der Waals surface area contributed by atoms with Crippen molar-refractivity contribution in [3.05, 3.63) is 67.3 Å². The number of aromatic nitrogens is 3. The van der Waals surface area contributed by atoms with Crippen LogP contribution in [0.2, 0.25) is 0 Å². The second-order valence-electron chi connectivity index (χ2n) is 8.43. The number of ether oxygens (including phenoxy) is 2. The summed E-state index contributed by atoms with van der Waals surface area (Å²) in [7, 11) is 0. The van der Waals surface area contributed by atoms with Gasteiger partial charge in [-0.05, 0) is 23.3 Å². The second kappa shape index (κ2) is 8.98. The number of hydrogen-bond donors (Lipinski definition) is 1. The van der Waals surface area contributed by atoms with Crippen LogP contribution in [-0.4, -0.2) is 26.4 Å². The largest absolute Gasteiger partial charge is 0.468 e. The van der Waals surface area contributed by atoms with Gasteiger partial charge in [-0.3, -0.25) is 0 Å². The molecule has 1 amide bonds. The van der Waals surface area contributed by atoms with Gasteiger partial charge in [0.2, 0.25) is 0 Å². The molecule has 0 aliphatic carbocycles. The summed E-state index contributed by atoms with van der Waals surface area (Å²) in [4.78, 5) is 15.3. The number of rotatable bonds is 8. The Bertz CT molecular complexity index is 989. The van der Waals surface area contributed by atoms with E-state index in [4.69, 9.17) is 26.8 Å². The monoisotopic (exact) mass is 442 g/mol. The zero-order valence-corrected chi connectivity index (χ0v) is 18.8. The van der Waals surface area contributed by atoms with Gasteiger partial charge >= 0.3 is 6.09 Å². The van der Waals surface area contributed by atoms with Gasteiger partial charge in [-0.1, -0.05) is 81.8 Å². The molecule has 0 saturated heterocycles. The zero-order valence-electron chi connectivity index (χ0n) is 18.0. The van der Waals surface area contributed by atoms with Crippen molar-refractivity contribution >= 4 is 17.7 Å². The Labute approximate surface area is 187 Å². The summed E-state index contributed by atoms with van der Waals surface area (Å²) in [5.41, 5.74) is 5.00. The average molecular weight is 443 g/mol. The summed E-state index contributed by atoms with van der Waals surface area (Å²) in [6.45, 7) is 7.72. The summed E-state index contributed by atoms with van der Waals surface area (Å²) in [6, 6.07) is 17.9. The Balaban J connectivity index is 1.90. The molecule has 0 aliphatic heterocycles. The molecule has 0 aliphatic rings. The lowest BCUT2D eigenvalue weighted by molar-refractivity contribution is -0.102. The van der Waals surface area contributed by atoms with Crippen molar-refractivity contribution in [2.45, 2.75) is 39.5 Å². The molecule has 0 bridgehead atoms. The highest BCUT2D eigenvalue weighted by molar-refractivity contribution is 6.20. The molecule has 0 saturated carbocycles. The van der Waals surface area contributed by atoms with E-state index in [1.807, 2.05) is 70.2 Å². The molecule has 3 rings (SSSR count). The quantitative estimate of drug-likeness (QED) is 0.482. The minimum Gasteiger partial charge on any atom is -0.468 e. The fourth-order valence-electron chi connectivity index (χ4n) is 3.22. The smallest absolute Gasteiger partial charge is 0.406 e. The summed E-state index contributed by atoms with van der Waals surface area (Å²) >= 11 is 6.43. The van der Waals surface area contributed by atoms with E-state index in [0.29, 0.717) is 5.75 Å². The van der Waals surface area contributed by atoms with E-state index in [9.17, 15) is 4.79 Å². The van der Waals surface area contributed by atoms with E-state index in [2.05, 4.69) is 22.2 Å². The Kier molecular flexibility index (Phi) is 6.55. The molecule has 7 nitrogen and oxygen atoms in total. The molecule has 2 aromatic carbocycles. The lowest BCUT2D eigenvalue weighted by Crippen LogP contribution is -2.49. The number of benzene rings is 2. The summed E-state index contributed by atoms with van der Waals surface area (Å²) in [5.74, 6) is 0.658. The van der Waals surface area contributed by atoms with Crippen LogP contribution in [0.25, 0.3) is 11.1 Å². The molecule has 2 N–H and O–H groups in total. The number of hydrogen-bond acceptors (Lipinski definition) is 5. The van der Waals surface area contributed by atoms with E-state index in [-0.39, 0.29) is 0 Å². The molecule has 0 spiro atoms. The first-order chi connectivity index (χ1) is 14.6. The second-order valence-corrected chi connectivity index (χ2v) is 8.83. The molecule has 0 radical (unpaired) electrons. The number of halogens is 1. The van der Waals surface area contributed by atoms with Gasteiger partial charge in [-0.15, -0.1) is 0 Å². The number of primary amides is 1.